The summed E-state index contributed by atoms with van der Waals surface area (Å²) < 4.78 is 4.10. The van der Waals surface area contributed by atoms with Crippen molar-refractivity contribution >= 4 is 40.1 Å². The molecule has 0 aliphatic heterocycles. The van der Waals surface area contributed by atoms with Gasteiger partial charge in [0, 0.05) is 5.75 Å². The summed E-state index contributed by atoms with van der Waals surface area (Å²) >= 11 is 12.2. The second-order valence-corrected chi connectivity index (χ2v) is 22.5. The number of unbranched alkanes of at least 4 members (excludes halogenated alkanes) is 30. The second-order valence-electron chi connectivity index (χ2n) is 12.7. The van der Waals surface area contributed by atoms with Crippen LogP contribution in [0.15, 0.2) is 0 Å². The summed E-state index contributed by atoms with van der Waals surface area (Å²) in [5.74, 6) is 1.12. The van der Waals surface area contributed by atoms with E-state index in [1.165, 1.54) is 199 Å². The van der Waals surface area contributed by atoms with E-state index in [9.17, 15) is 0 Å². The van der Waals surface area contributed by atoms with Crippen LogP contribution in [0.3, 0.4) is 0 Å². The molecule has 0 N–H and O–H groups in total. The smallest absolute Gasteiger partial charge is 0.171 e. The van der Waals surface area contributed by atoms with Gasteiger partial charge >= 0.3 is 0 Å². The lowest BCUT2D eigenvalue weighted by atomic mass is 10.0. The maximum Gasteiger partial charge on any atom is 0.171 e. The first kappa shape index (κ1) is 42.3. The largest absolute Gasteiger partial charge is 0.334 e. The van der Waals surface area contributed by atoms with Crippen LogP contribution in [0.1, 0.15) is 219 Å². The van der Waals surface area contributed by atoms with Crippen molar-refractivity contribution in [1.82, 2.24) is 0 Å². The Morgan fingerprint density at radius 1 is 0.415 bits per heavy atom. The van der Waals surface area contributed by atoms with Gasteiger partial charge in [-0.15, -0.1) is 12.2 Å². The Bertz CT molecular complexity index is 489. The van der Waals surface area contributed by atoms with Gasteiger partial charge in [0.2, 0.25) is 0 Å². The molecule has 5 heteroatoms. The molecule has 0 fully saturated rings. The number of hydrogen-bond acceptors (Lipinski definition) is 3. The van der Waals surface area contributed by atoms with Gasteiger partial charge < -0.3 is 4.52 Å². The van der Waals surface area contributed by atoms with Crippen molar-refractivity contribution in [2.75, 3.05) is 12.4 Å². The molecular weight excluding hydrogens is 576 g/mol. The first-order valence-electron chi connectivity index (χ1n) is 18.7. The normalized spacial score (nSPS) is 13.1. The highest BCUT2D eigenvalue weighted by atomic mass is 33.2. The van der Waals surface area contributed by atoms with Crippen LogP contribution in [0.5, 0.6) is 0 Å². The van der Waals surface area contributed by atoms with Crippen LogP contribution < -0.4 is 0 Å². The van der Waals surface area contributed by atoms with Crippen LogP contribution in [0, 0.1) is 0 Å². The Morgan fingerprint density at radius 2 is 0.659 bits per heavy atom. The van der Waals surface area contributed by atoms with Crippen LogP contribution in [-0.2, 0) is 16.3 Å². The molecule has 0 heterocycles. The zero-order valence-corrected chi connectivity index (χ0v) is 31.6. The third-order valence-electron chi connectivity index (χ3n) is 8.50. The minimum atomic E-state index is -1.93. The van der Waals surface area contributed by atoms with E-state index >= 15 is 0 Å². The summed E-state index contributed by atoms with van der Waals surface area (Å²) in [4.78, 5) is 0. The fourth-order valence-corrected chi connectivity index (χ4v) is 10.1. The molecule has 1 nitrogen and oxygen atoms in total. The molecule has 0 rings (SSSR count). The van der Waals surface area contributed by atoms with Crippen molar-refractivity contribution in [3.8, 4) is 0 Å². The van der Waals surface area contributed by atoms with Crippen LogP contribution in [0.25, 0.3) is 0 Å². The fraction of sp³-hybridized carbons (Fsp3) is 1.00. The predicted molar refractivity (Wildman–Crippen MR) is 201 cm³/mol. The van der Waals surface area contributed by atoms with Gasteiger partial charge in [0.1, 0.15) is 0 Å². The van der Waals surface area contributed by atoms with E-state index in [0.29, 0.717) is 0 Å². The van der Waals surface area contributed by atoms with Gasteiger partial charge in [-0.2, -0.15) is 0 Å². The summed E-state index contributed by atoms with van der Waals surface area (Å²) in [6.07, 6.45) is 45.2. The van der Waals surface area contributed by atoms with Crippen molar-refractivity contribution < 1.29 is 4.52 Å². The van der Waals surface area contributed by atoms with Crippen molar-refractivity contribution in [3.63, 3.8) is 0 Å². The van der Waals surface area contributed by atoms with Crippen molar-refractivity contribution in [1.29, 1.82) is 0 Å². The lowest BCUT2D eigenvalue weighted by Crippen LogP contribution is -1.90. The molecule has 0 radical (unpaired) electrons. The van der Waals surface area contributed by atoms with Crippen molar-refractivity contribution in [2.45, 2.75) is 219 Å². The predicted octanol–water partition coefficient (Wildman–Crippen LogP) is 15.4. The quantitative estimate of drug-likeness (QED) is 0.0411. The maximum atomic E-state index is 6.03. The summed E-state index contributed by atoms with van der Waals surface area (Å²) in [6.45, 7) is 5.41. The van der Waals surface area contributed by atoms with E-state index in [1.54, 1.807) is 0 Å². The van der Waals surface area contributed by atoms with Gasteiger partial charge in [0.15, 0.2) is 4.67 Å². The Kier molecular flexibility index (Phi) is 36.9. The zero-order valence-electron chi connectivity index (χ0n) is 28.2. The Balaban J connectivity index is 3.26. The van der Waals surface area contributed by atoms with E-state index in [-0.39, 0.29) is 0 Å². The third-order valence-corrected chi connectivity index (χ3v) is 14.3. The average molecular weight is 651 g/mol. The van der Waals surface area contributed by atoms with Gasteiger partial charge in [-0.05, 0) is 24.6 Å². The molecule has 0 aliphatic rings. The number of thiol groups is 1. The lowest BCUT2D eigenvalue weighted by molar-refractivity contribution is 0.347. The first-order valence-corrected chi connectivity index (χ1v) is 24.2. The molecular formula is C36H75OPS3. The van der Waals surface area contributed by atoms with Gasteiger partial charge in [-0.25, -0.2) is 0 Å². The Hall–Kier alpha value is 1.31. The van der Waals surface area contributed by atoms with Crippen molar-refractivity contribution in [2.24, 2.45) is 0 Å². The summed E-state index contributed by atoms with van der Waals surface area (Å²) in [7, 11) is 0. The van der Waals surface area contributed by atoms with Gasteiger partial charge in [-0.3, -0.25) is 0 Å². The molecule has 0 spiro atoms. The molecule has 0 bridgehead atoms. The number of rotatable bonds is 36. The first-order chi connectivity index (χ1) is 20.1. The van der Waals surface area contributed by atoms with Gasteiger partial charge in [-0.1, -0.05) is 218 Å². The highest BCUT2D eigenvalue weighted by Crippen LogP contribution is 2.64. The molecule has 0 saturated heterocycles. The highest BCUT2D eigenvalue weighted by molar-refractivity contribution is 8.95. The monoisotopic (exact) mass is 650 g/mol. The summed E-state index contributed by atoms with van der Waals surface area (Å²) in [5.41, 5.74) is 0. The van der Waals surface area contributed by atoms with Crippen LogP contribution in [-0.4, -0.2) is 12.4 Å². The minimum absolute atomic E-state index is 0.811. The third kappa shape index (κ3) is 37.4. The highest BCUT2D eigenvalue weighted by Gasteiger charge is 2.12. The molecule has 0 amide bonds. The molecule has 0 aliphatic carbocycles. The van der Waals surface area contributed by atoms with Crippen LogP contribution in [0.2, 0.25) is 0 Å². The summed E-state index contributed by atoms with van der Waals surface area (Å²) in [6, 6.07) is 0. The Labute approximate surface area is 275 Å². The minimum Gasteiger partial charge on any atom is -0.334 e. The molecule has 248 valence electrons. The van der Waals surface area contributed by atoms with Crippen LogP contribution in [0.4, 0.5) is 0 Å². The second kappa shape index (κ2) is 35.8. The topological polar surface area (TPSA) is 9.23 Å². The maximum absolute atomic E-state index is 6.03. The van der Waals surface area contributed by atoms with E-state index in [0.717, 1.165) is 18.8 Å². The molecule has 0 aromatic carbocycles. The number of hydrogen-bond donors (Lipinski definition) is 1. The van der Waals surface area contributed by atoms with E-state index in [4.69, 9.17) is 28.6 Å². The molecule has 0 saturated carbocycles. The lowest BCUT2D eigenvalue weighted by Gasteiger charge is -2.15. The molecule has 0 aromatic rings. The van der Waals surface area contributed by atoms with Crippen molar-refractivity contribution in [3.05, 3.63) is 0 Å². The zero-order chi connectivity index (χ0) is 30.0. The van der Waals surface area contributed by atoms with E-state index in [2.05, 4.69) is 13.8 Å². The van der Waals surface area contributed by atoms with Crippen LogP contribution >= 0.6 is 28.3 Å². The van der Waals surface area contributed by atoms with E-state index < -0.39 is 4.67 Å². The molecule has 0 aromatic heterocycles. The SMILES string of the molecule is CCCCCCCCCCCCCCCCCCOP(=S)(S)SCCCCCCCCCCCCCCCCCC. The molecule has 41 heavy (non-hydrogen) atoms. The molecule has 1 unspecified atom stereocenters. The van der Waals surface area contributed by atoms with Gasteiger partial charge in [0.25, 0.3) is 0 Å². The van der Waals surface area contributed by atoms with Gasteiger partial charge in [0.05, 0.1) is 6.61 Å². The average Bonchev–Trinajstić information content (AvgIpc) is 2.96. The summed E-state index contributed by atoms with van der Waals surface area (Å²) in [5, 5.41) is 0. The fourth-order valence-electron chi connectivity index (χ4n) is 5.70. The standard InChI is InChI=1S/C36H75OPS3/c1-3-5-7-9-11-13-15-17-19-21-23-25-27-29-31-33-35-37-38(39,40)41-36-34-32-30-28-26-24-22-20-18-16-14-12-10-8-6-4-2/h3-36H2,1-2H3,(H,39,40). The molecule has 1 atom stereocenters. The van der Waals surface area contributed by atoms with E-state index in [1.807, 2.05) is 11.4 Å². The Morgan fingerprint density at radius 3 is 0.951 bits per heavy atom.